The molecule has 0 saturated heterocycles. The molecular weight excluding hydrogens is 298 g/mol. The van der Waals surface area contributed by atoms with Crippen LogP contribution in [0.3, 0.4) is 0 Å². The number of aromatic nitrogens is 2. The van der Waals surface area contributed by atoms with Crippen molar-refractivity contribution in [3.8, 4) is 17.2 Å². The first-order valence-corrected chi connectivity index (χ1v) is 7.03. The lowest BCUT2D eigenvalue weighted by Gasteiger charge is -2.19. The van der Waals surface area contributed by atoms with E-state index in [0.717, 1.165) is 5.56 Å². The molecule has 0 unspecified atom stereocenters. The van der Waals surface area contributed by atoms with E-state index < -0.39 is 0 Å². The SMILES string of the molecule is COc1cc(CN(C)C(=O)c2cnn(C)c2)cc(OC)c1OC. The number of methoxy groups -OCH3 is 3. The van der Waals surface area contributed by atoms with Crippen molar-refractivity contribution in [2.24, 2.45) is 7.05 Å². The summed E-state index contributed by atoms with van der Waals surface area (Å²) in [5.41, 5.74) is 1.42. The monoisotopic (exact) mass is 319 g/mol. The van der Waals surface area contributed by atoms with Crippen molar-refractivity contribution in [3.63, 3.8) is 0 Å². The van der Waals surface area contributed by atoms with Crippen LogP contribution in [0.15, 0.2) is 24.5 Å². The molecule has 7 nitrogen and oxygen atoms in total. The van der Waals surface area contributed by atoms with Gasteiger partial charge in [0.1, 0.15) is 0 Å². The van der Waals surface area contributed by atoms with Crippen LogP contribution in [-0.4, -0.2) is 49.0 Å². The Hall–Kier alpha value is -2.70. The summed E-state index contributed by atoms with van der Waals surface area (Å²) in [6.45, 7) is 0.407. The molecule has 0 fully saturated rings. The summed E-state index contributed by atoms with van der Waals surface area (Å²) in [6, 6.07) is 3.66. The highest BCUT2D eigenvalue weighted by molar-refractivity contribution is 5.93. The second-order valence-electron chi connectivity index (χ2n) is 5.10. The first kappa shape index (κ1) is 16.7. The lowest BCUT2D eigenvalue weighted by Crippen LogP contribution is -2.25. The molecule has 2 aromatic rings. The van der Waals surface area contributed by atoms with Gasteiger partial charge >= 0.3 is 0 Å². The Morgan fingerprint density at radius 1 is 1.17 bits per heavy atom. The number of benzene rings is 1. The molecule has 0 saturated carbocycles. The van der Waals surface area contributed by atoms with E-state index in [9.17, 15) is 4.79 Å². The predicted molar refractivity (Wildman–Crippen MR) is 85.1 cm³/mol. The van der Waals surface area contributed by atoms with Gasteiger partial charge in [0.25, 0.3) is 5.91 Å². The van der Waals surface area contributed by atoms with E-state index in [-0.39, 0.29) is 5.91 Å². The Morgan fingerprint density at radius 2 is 1.78 bits per heavy atom. The van der Waals surface area contributed by atoms with Crippen LogP contribution in [0, 0.1) is 0 Å². The topological polar surface area (TPSA) is 65.8 Å². The van der Waals surface area contributed by atoms with Crippen LogP contribution < -0.4 is 14.2 Å². The molecule has 1 amide bonds. The highest BCUT2D eigenvalue weighted by atomic mass is 16.5. The van der Waals surface area contributed by atoms with Gasteiger partial charge in [-0.2, -0.15) is 5.10 Å². The molecule has 1 heterocycles. The Labute approximate surface area is 135 Å². The van der Waals surface area contributed by atoms with Crippen molar-refractivity contribution in [1.29, 1.82) is 0 Å². The van der Waals surface area contributed by atoms with Crippen LogP contribution in [-0.2, 0) is 13.6 Å². The maximum atomic E-state index is 12.4. The fourth-order valence-electron chi connectivity index (χ4n) is 2.32. The van der Waals surface area contributed by atoms with E-state index in [1.54, 1.807) is 57.4 Å². The van der Waals surface area contributed by atoms with Crippen LogP contribution in [0.4, 0.5) is 0 Å². The van der Waals surface area contributed by atoms with Crippen LogP contribution in [0.1, 0.15) is 15.9 Å². The first-order chi connectivity index (χ1) is 11.0. The van der Waals surface area contributed by atoms with Gasteiger partial charge < -0.3 is 19.1 Å². The van der Waals surface area contributed by atoms with Crippen molar-refractivity contribution in [2.45, 2.75) is 6.54 Å². The first-order valence-electron chi connectivity index (χ1n) is 7.03. The minimum atomic E-state index is -0.105. The summed E-state index contributed by atoms with van der Waals surface area (Å²) in [6.07, 6.45) is 3.24. The number of amides is 1. The molecule has 0 radical (unpaired) electrons. The van der Waals surface area contributed by atoms with Crippen LogP contribution >= 0.6 is 0 Å². The summed E-state index contributed by atoms with van der Waals surface area (Å²) < 4.78 is 17.5. The van der Waals surface area contributed by atoms with Crippen molar-refractivity contribution in [2.75, 3.05) is 28.4 Å². The molecule has 0 N–H and O–H groups in total. The molecule has 0 aliphatic carbocycles. The number of nitrogens with zero attached hydrogens (tertiary/aromatic N) is 3. The van der Waals surface area contributed by atoms with Gasteiger partial charge in [-0.1, -0.05) is 0 Å². The van der Waals surface area contributed by atoms with Gasteiger partial charge in [-0.15, -0.1) is 0 Å². The molecule has 7 heteroatoms. The minimum absolute atomic E-state index is 0.105. The molecule has 23 heavy (non-hydrogen) atoms. The van der Waals surface area contributed by atoms with E-state index >= 15 is 0 Å². The molecule has 124 valence electrons. The average molecular weight is 319 g/mol. The standard InChI is InChI=1S/C16H21N3O4/c1-18(16(20)12-8-17-19(2)10-12)9-11-6-13(21-3)15(23-5)14(7-11)22-4/h6-8,10H,9H2,1-5H3. The fourth-order valence-corrected chi connectivity index (χ4v) is 2.32. The smallest absolute Gasteiger partial charge is 0.257 e. The predicted octanol–water partition coefficient (Wildman–Crippen LogP) is 1.72. The highest BCUT2D eigenvalue weighted by Crippen LogP contribution is 2.38. The molecule has 0 spiro atoms. The van der Waals surface area contributed by atoms with E-state index in [1.165, 1.54) is 0 Å². The van der Waals surface area contributed by atoms with Crippen molar-refractivity contribution >= 4 is 5.91 Å². The van der Waals surface area contributed by atoms with Crippen LogP contribution in [0.5, 0.6) is 17.2 Å². The Balaban J connectivity index is 2.23. The number of carbonyl (C=O) groups excluding carboxylic acids is 1. The number of hydrogen-bond donors (Lipinski definition) is 0. The number of aryl methyl sites for hydroxylation is 1. The van der Waals surface area contributed by atoms with Gasteiger partial charge in [-0.25, -0.2) is 0 Å². The summed E-state index contributed by atoms with van der Waals surface area (Å²) in [5, 5.41) is 4.02. The molecule has 1 aromatic heterocycles. The third-order valence-electron chi connectivity index (χ3n) is 3.44. The van der Waals surface area contributed by atoms with Crippen molar-refractivity contribution in [3.05, 3.63) is 35.7 Å². The van der Waals surface area contributed by atoms with Crippen molar-refractivity contribution in [1.82, 2.24) is 14.7 Å². The van der Waals surface area contributed by atoms with Gasteiger partial charge in [0, 0.05) is 26.8 Å². The maximum absolute atomic E-state index is 12.4. The highest BCUT2D eigenvalue weighted by Gasteiger charge is 2.17. The normalized spacial score (nSPS) is 10.3. The van der Waals surface area contributed by atoms with Crippen LogP contribution in [0.25, 0.3) is 0 Å². The zero-order valence-corrected chi connectivity index (χ0v) is 14.0. The summed E-state index contributed by atoms with van der Waals surface area (Å²) in [4.78, 5) is 14.0. The number of rotatable bonds is 6. The Kier molecular flexibility index (Phi) is 5.10. The number of hydrogen-bond acceptors (Lipinski definition) is 5. The molecule has 0 aliphatic heterocycles. The second kappa shape index (κ2) is 7.04. The summed E-state index contributed by atoms with van der Waals surface area (Å²) in [5.74, 6) is 1.54. The van der Waals surface area contributed by atoms with Gasteiger partial charge in [0.05, 0.1) is 33.1 Å². The van der Waals surface area contributed by atoms with Gasteiger partial charge in [-0.3, -0.25) is 9.48 Å². The molecule has 1 aromatic carbocycles. The summed E-state index contributed by atoms with van der Waals surface area (Å²) >= 11 is 0. The molecule has 0 atom stereocenters. The average Bonchev–Trinajstić information content (AvgIpc) is 2.99. The summed E-state index contributed by atoms with van der Waals surface area (Å²) in [7, 11) is 8.18. The molecule has 2 rings (SSSR count). The molecule has 0 aliphatic rings. The third-order valence-corrected chi connectivity index (χ3v) is 3.44. The molecule has 0 bridgehead atoms. The minimum Gasteiger partial charge on any atom is -0.493 e. The maximum Gasteiger partial charge on any atom is 0.257 e. The van der Waals surface area contributed by atoms with E-state index in [0.29, 0.717) is 29.4 Å². The van der Waals surface area contributed by atoms with E-state index in [4.69, 9.17) is 14.2 Å². The largest absolute Gasteiger partial charge is 0.493 e. The lowest BCUT2D eigenvalue weighted by molar-refractivity contribution is 0.0784. The Bertz CT molecular complexity index is 671. The second-order valence-corrected chi connectivity index (χ2v) is 5.10. The lowest BCUT2D eigenvalue weighted by atomic mass is 10.1. The Morgan fingerprint density at radius 3 is 2.22 bits per heavy atom. The van der Waals surface area contributed by atoms with Crippen LogP contribution in [0.2, 0.25) is 0 Å². The molecular formula is C16H21N3O4. The van der Waals surface area contributed by atoms with E-state index in [2.05, 4.69) is 5.10 Å². The fraction of sp³-hybridized carbons (Fsp3) is 0.375. The quantitative estimate of drug-likeness (QED) is 0.811. The van der Waals surface area contributed by atoms with E-state index in [1.807, 2.05) is 12.1 Å². The zero-order valence-electron chi connectivity index (χ0n) is 14.0. The number of carbonyl (C=O) groups is 1. The number of ether oxygens (including phenoxy) is 3. The van der Waals surface area contributed by atoms with Gasteiger partial charge in [0.15, 0.2) is 11.5 Å². The van der Waals surface area contributed by atoms with Gasteiger partial charge in [0.2, 0.25) is 5.75 Å². The third kappa shape index (κ3) is 3.56. The zero-order chi connectivity index (χ0) is 17.0. The van der Waals surface area contributed by atoms with Crippen molar-refractivity contribution < 1.29 is 19.0 Å². The van der Waals surface area contributed by atoms with Gasteiger partial charge in [-0.05, 0) is 17.7 Å².